The molecule has 0 unspecified atom stereocenters. The van der Waals surface area contributed by atoms with Crippen molar-refractivity contribution in [3.05, 3.63) is 0 Å². The first kappa shape index (κ1) is 16.7. The summed E-state index contributed by atoms with van der Waals surface area (Å²) in [5.41, 5.74) is 0. The van der Waals surface area contributed by atoms with E-state index in [9.17, 15) is 25.3 Å². The minimum Gasteiger partial charge on any atom is -0.258 e. The van der Waals surface area contributed by atoms with Crippen LogP contribution in [0.5, 0.6) is 0 Å². The van der Waals surface area contributed by atoms with Crippen LogP contribution in [0.1, 0.15) is 0 Å². The average molecular weight is 357 g/mol. The second-order valence-electron chi connectivity index (χ2n) is 1.76. The Hall–Kier alpha value is 0.665. The van der Waals surface area contributed by atoms with Crippen molar-refractivity contribution in [1.82, 2.24) is 0 Å². The van der Waals surface area contributed by atoms with Crippen LogP contribution in [0.15, 0.2) is 0 Å². The monoisotopic (exact) mass is 356 g/mol. The highest BCUT2D eigenvalue weighted by atomic mass is 35.7. The maximum absolute atomic E-state index is 10.3. The van der Waals surface area contributed by atoms with Gasteiger partial charge in [-0.2, -0.15) is 25.3 Å². The molecule has 0 aliphatic carbocycles. The SMILES string of the molecule is O=S(=O)(Cl)OB(OS(=O)(=O)Cl)OS(=O)(=O)Cl. The lowest BCUT2D eigenvalue weighted by molar-refractivity contribution is 0.323. The van der Waals surface area contributed by atoms with E-state index in [0.29, 0.717) is 0 Å². The van der Waals surface area contributed by atoms with E-state index in [1.807, 2.05) is 0 Å². The molecule has 0 radical (unpaired) electrons. The quantitative estimate of drug-likeness (QED) is 0.455. The fourth-order valence-corrected chi connectivity index (χ4v) is 1.81. The van der Waals surface area contributed by atoms with Gasteiger partial charge in [0.1, 0.15) is 0 Å². The van der Waals surface area contributed by atoms with Gasteiger partial charge in [-0.05, 0) is 0 Å². The summed E-state index contributed by atoms with van der Waals surface area (Å²) in [4.78, 5) is 0. The van der Waals surface area contributed by atoms with Gasteiger partial charge in [-0.1, -0.05) is 0 Å². The second-order valence-corrected chi connectivity index (χ2v) is 8.09. The largest absolute Gasteiger partial charge is 0.687 e. The predicted molar refractivity (Wildman–Crippen MR) is 53.3 cm³/mol. The first-order valence-electron chi connectivity index (χ1n) is 2.67. The summed E-state index contributed by atoms with van der Waals surface area (Å²) >= 11 is 0. The second kappa shape index (κ2) is 5.54. The maximum Gasteiger partial charge on any atom is 0.687 e. The molecule has 0 aromatic carbocycles. The number of rotatable bonds is 6. The standard InChI is InChI=1S/BCl3O9S3/c2-14(5,6)11-1(12-15(3,7)8)13-16(4,9)10. The normalized spacial score (nSPS) is 13.7. The third-order valence-corrected chi connectivity index (χ3v) is 2.40. The number of halogens is 3. The van der Waals surface area contributed by atoms with E-state index in [2.05, 4.69) is 44.3 Å². The summed E-state index contributed by atoms with van der Waals surface area (Å²) in [6, 6.07) is 0. The molecular weight excluding hydrogens is 357 g/mol. The van der Waals surface area contributed by atoms with Crippen molar-refractivity contribution in [3.63, 3.8) is 0 Å². The van der Waals surface area contributed by atoms with Crippen molar-refractivity contribution >= 4 is 67.4 Å². The fraction of sp³-hybridized carbons (Fsp3) is 0. The summed E-state index contributed by atoms with van der Waals surface area (Å²) < 4.78 is 72.6. The van der Waals surface area contributed by atoms with Gasteiger partial charge in [0.25, 0.3) is 0 Å². The zero-order valence-electron chi connectivity index (χ0n) is 6.61. The molecule has 0 bridgehead atoms. The predicted octanol–water partition coefficient (Wildman–Crippen LogP) is -0.528. The molecule has 9 nitrogen and oxygen atoms in total. The molecule has 0 amide bonds. The Morgan fingerprint density at radius 1 is 0.625 bits per heavy atom. The van der Waals surface area contributed by atoms with E-state index in [1.54, 1.807) is 0 Å². The van der Waals surface area contributed by atoms with E-state index in [0.717, 1.165) is 0 Å². The van der Waals surface area contributed by atoms with E-state index in [-0.39, 0.29) is 0 Å². The van der Waals surface area contributed by atoms with Gasteiger partial charge in [0, 0.05) is 32.0 Å². The lowest BCUT2D eigenvalue weighted by Gasteiger charge is -2.06. The molecule has 0 saturated carbocycles. The molecule has 0 spiro atoms. The first-order chi connectivity index (χ1) is 6.79. The highest BCUT2D eigenvalue weighted by molar-refractivity contribution is 8.12. The Morgan fingerprint density at radius 2 is 0.812 bits per heavy atom. The van der Waals surface area contributed by atoms with Gasteiger partial charge in [-0.25, -0.2) is 0 Å². The minimum absolute atomic E-state index is 2.80. The fourth-order valence-electron chi connectivity index (χ4n) is 0.330. The summed E-state index contributed by atoms with van der Waals surface area (Å²) in [5, 5.41) is 0. The molecule has 0 heterocycles. The maximum atomic E-state index is 10.3. The van der Waals surface area contributed by atoms with Crippen LogP contribution in [0.3, 0.4) is 0 Å². The third-order valence-electron chi connectivity index (χ3n) is 0.581. The Kier molecular flexibility index (Phi) is 5.77. The van der Waals surface area contributed by atoms with Crippen molar-refractivity contribution in [2.75, 3.05) is 0 Å². The number of hydrogen-bond donors (Lipinski definition) is 0. The Labute approximate surface area is 105 Å². The summed E-state index contributed by atoms with van der Waals surface area (Å²) in [5.74, 6) is 0. The molecule has 0 rings (SSSR count). The van der Waals surface area contributed by atoms with Crippen LogP contribution in [0.25, 0.3) is 0 Å². The van der Waals surface area contributed by atoms with Crippen LogP contribution < -0.4 is 0 Å². The molecule has 0 N–H and O–H groups in total. The molecule has 16 heteroatoms. The zero-order chi connectivity index (χ0) is 13.2. The smallest absolute Gasteiger partial charge is 0.258 e. The van der Waals surface area contributed by atoms with Crippen molar-refractivity contribution in [2.24, 2.45) is 0 Å². The van der Waals surface area contributed by atoms with Gasteiger partial charge in [-0.3, -0.25) is 12.3 Å². The van der Waals surface area contributed by atoms with Crippen LogP contribution in [-0.4, -0.2) is 32.6 Å². The topological polar surface area (TPSA) is 130 Å². The Balaban J connectivity index is 4.93. The zero-order valence-corrected chi connectivity index (χ0v) is 11.3. The molecule has 0 aromatic heterocycles. The lowest BCUT2D eigenvalue weighted by atomic mass is 10.3. The molecule has 0 aliphatic heterocycles. The Morgan fingerprint density at radius 3 is 0.938 bits per heavy atom. The van der Waals surface area contributed by atoms with Crippen LogP contribution in [0.4, 0.5) is 0 Å². The van der Waals surface area contributed by atoms with Crippen LogP contribution in [0.2, 0.25) is 0 Å². The van der Waals surface area contributed by atoms with Crippen LogP contribution in [-0.2, 0) is 40.3 Å². The van der Waals surface area contributed by atoms with E-state index in [4.69, 9.17) is 0 Å². The van der Waals surface area contributed by atoms with Crippen molar-refractivity contribution in [1.29, 1.82) is 0 Å². The van der Waals surface area contributed by atoms with E-state index in [1.165, 1.54) is 0 Å². The number of hydrogen-bond acceptors (Lipinski definition) is 9. The van der Waals surface area contributed by atoms with E-state index < -0.39 is 35.3 Å². The first-order valence-corrected chi connectivity index (χ1v) is 9.37. The van der Waals surface area contributed by atoms with Crippen LogP contribution >= 0.6 is 32.0 Å². The molecule has 0 fully saturated rings. The van der Waals surface area contributed by atoms with Crippen LogP contribution in [0, 0.1) is 0 Å². The van der Waals surface area contributed by atoms with E-state index >= 15 is 0 Å². The molecule has 0 atom stereocenters. The van der Waals surface area contributed by atoms with Gasteiger partial charge < -0.3 is 0 Å². The molecule has 96 valence electrons. The summed E-state index contributed by atoms with van der Waals surface area (Å²) in [7, 11) is -3.68. The molecule has 0 saturated heterocycles. The summed E-state index contributed by atoms with van der Waals surface area (Å²) in [6.07, 6.45) is 0. The third kappa shape index (κ3) is 11.2. The van der Waals surface area contributed by atoms with Crippen molar-refractivity contribution in [3.8, 4) is 0 Å². The van der Waals surface area contributed by atoms with Crippen molar-refractivity contribution in [2.45, 2.75) is 0 Å². The van der Waals surface area contributed by atoms with Gasteiger partial charge in [-0.15, -0.1) is 0 Å². The molecular formula is BCl3O9S3. The molecule has 16 heavy (non-hydrogen) atoms. The lowest BCUT2D eigenvalue weighted by Crippen LogP contribution is -2.31. The van der Waals surface area contributed by atoms with Gasteiger partial charge >= 0.3 is 35.3 Å². The highest BCUT2D eigenvalue weighted by Crippen LogP contribution is 2.13. The Bertz CT molecular complexity index is 446. The van der Waals surface area contributed by atoms with Gasteiger partial charge in [0.15, 0.2) is 0 Å². The summed E-state index contributed by atoms with van der Waals surface area (Å²) in [6.45, 7) is 0. The van der Waals surface area contributed by atoms with Gasteiger partial charge in [0.05, 0.1) is 0 Å². The van der Waals surface area contributed by atoms with Gasteiger partial charge in [0.2, 0.25) is 0 Å². The van der Waals surface area contributed by atoms with Crippen molar-refractivity contribution < 1.29 is 37.6 Å². The average Bonchev–Trinajstić information content (AvgIpc) is 1.70. The minimum atomic E-state index is -4.79. The highest BCUT2D eigenvalue weighted by Gasteiger charge is 2.37. The molecule has 0 aliphatic rings. The molecule has 0 aromatic rings.